The Morgan fingerprint density at radius 2 is 1.69 bits per heavy atom. The van der Waals surface area contributed by atoms with E-state index in [0.717, 1.165) is 0 Å². The Labute approximate surface area is 272 Å². The van der Waals surface area contributed by atoms with Crippen molar-refractivity contribution in [3.63, 3.8) is 0 Å². The lowest BCUT2D eigenvalue weighted by Crippen LogP contribution is -2.38. The molecule has 45 heavy (non-hydrogen) atoms. The number of alkyl halides is 1. The Bertz CT molecular complexity index is 1890. The molecule has 10 unspecified atom stereocenters. The molecular weight excluding hydrogens is 722 g/mol. The van der Waals surface area contributed by atoms with Gasteiger partial charge in [-0.15, -0.1) is 0 Å². The minimum Gasteiger partial charge on any atom is -0.386 e. The van der Waals surface area contributed by atoms with Crippen molar-refractivity contribution in [2.24, 2.45) is 0 Å². The molecule has 16 nitrogen and oxygen atoms in total. The second-order valence-corrected chi connectivity index (χ2v) is 16.7. The van der Waals surface area contributed by atoms with Crippen molar-refractivity contribution in [2.75, 3.05) is 18.9 Å². The molecule has 6 heterocycles. The molecule has 1 aromatic carbocycles. The second-order valence-electron chi connectivity index (χ2n) is 10.2. The quantitative estimate of drug-likeness (QED) is 0.172. The summed E-state index contributed by atoms with van der Waals surface area (Å²) in [4.78, 5) is 27.4. The van der Waals surface area contributed by atoms with Gasteiger partial charge in [-0.05, 0) is 23.9 Å². The summed E-state index contributed by atoms with van der Waals surface area (Å²) in [5.74, 6) is 0.0659. The zero-order chi connectivity index (χ0) is 31.8. The van der Waals surface area contributed by atoms with E-state index in [0.29, 0.717) is 11.0 Å². The lowest BCUT2D eigenvalue weighted by atomic mass is 10.1. The monoisotopic (exact) mass is 743 g/mol. The van der Waals surface area contributed by atoms with Crippen LogP contribution in [-0.2, 0) is 43.9 Å². The summed E-state index contributed by atoms with van der Waals surface area (Å²) in [6, 6.07) is 3.07. The van der Waals surface area contributed by atoms with Crippen LogP contribution < -0.4 is 5.73 Å². The third-order valence-corrected chi connectivity index (χ3v) is 11.3. The first-order valence-electron chi connectivity index (χ1n) is 13.0. The highest BCUT2D eigenvalue weighted by atomic mass is 35.5. The summed E-state index contributed by atoms with van der Waals surface area (Å²) in [7, 11) is 0. The predicted molar refractivity (Wildman–Crippen MR) is 163 cm³/mol. The van der Waals surface area contributed by atoms with Crippen LogP contribution in [0.2, 0.25) is 10.0 Å². The highest BCUT2D eigenvalue weighted by Gasteiger charge is 2.53. The van der Waals surface area contributed by atoms with Crippen LogP contribution in [0.4, 0.5) is 10.2 Å². The largest absolute Gasteiger partial charge is 0.386 e. The molecular formula is C22H22Cl2FN7O9P2S2. The number of halogens is 3. The van der Waals surface area contributed by atoms with Gasteiger partial charge in [-0.25, -0.2) is 28.9 Å². The van der Waals surface area contributed by atoms with Gasteiger partial charge in [0, 0.05) is 0 Å². The standard InChI is InChI=1S/C22H22Cl2FN7O9P2S2/c23-8-1-10-11(2-9(8)24)31(6-29-10)22-16(33)18-13(39-22)4-37-42(34,44)40-17-12(3-36-43(35,45)41-18)38-21(14(17)25)32-7-30-15-19(26)27-5-28-20(15)32/h1-2,5-7,12-14,16-18,21-22,33H,3-4H2,(H,34,44)(H,35,45)(H2,26,27,28). The third kappa shape index (κ3) is 5.91. The number of thiol groups is 1. The van der Waals surface area contributed by atoms with Crippen molar-refractivity contribution >= 4 is 88.8 Å². The van der Waals surface area contributed by atoms with E-state index in [4.69, 9.17) is 68.3 Å². The minimum atomic E-state index is -4.34. The first kappa shape index (κ1) is 32.0. The molecule has 0 spiro atoms. The van der Waals surface area contributed by atoms with E-state index >= 15 is 4.39 Å². The van der Waals surface area contributed by atoms with Gasteiger partial charge >= 0.3 is 13.5 Å². The first-order valence-corrected chi connectivity index (χ1v) is 19.1. The Kier molecular flexibility index (Phi) is 8.44. The van der Waals surface area contributed by atoms with Crippen LogP contribution in [0.5, 0.6) is 0 Å². The number of ether oxygens (including phenoxy) is 2. The number of fused-ring (bicyclic) bond motifs is 4. The summed E-state index contributed by atoms with van der Waals surface area (Å²) >= 11 is 21.6. The summed E-state index contributed by atoms with van der Waals surface area (Å²) < 4.78 is 66.3. The van der Waals surface area contributed by atoms with Crippen LogP contribution in [-0.4, -0.2) is 89.0 Å². The van der Waals surface area contributed by atoms with Crippen LogP contribution in [0.15, 0.2) is 31.1 Å². The van der Waals surface area contributed by atoms with E-state index in [2.05, 4.69) is 32.2 Å². The molecule has 0 saturated carbocycles. The predicted octanol–water partition coefficient (Wildman–Crippen LogP) is 3.33. The highest BCUT2D eigenvalue weighted by Crippen LogP contribution is 2.58. The van der Waals surface area contributed by atoms with Gasteiger partial charge in [-0.2, -0.15) is 0 Å². The molecule has 0 aliphatic carbocycles. The number of rotatable bonds is 2. The number of hydrogen-bond acceptors (Lipinski definition) is 14. The average molecular weight is 744 g/mol. The molecule has 3 aliphatic rings. The van der Waals surface area contributed by atoms with Crippen LogP contribution in [0.1, 0.15) is 12.5 Å². The van der Waals surface area contributed by atoms with Crippen LogP contribution in [0.25, 0.3) is 22.2 Å². The molecule has 0 bridgehead atoms. The van der Waals surface area contributed by atoms with E-state index in [1.54, 1.807) is 0 Å². The Morgan fingerprint density at radius 1 is 1.00 bits per heavy atom. The molecule has 3 aromatic heterocycles. The van der Waals surface area contributed by atoms with Crippen molar-refractivity contribution in [3.05, 3.63) is 41.2 Å². The van der Waals surface area contributed by atoms with Crippen molar-refractivity contribution in [1.82, 2.24) is 29.1 Å². The fourth-order valence-electron chi connectivity index (χ4n) is 5.38. The number of imidazole rings is 2. The van der Waals surface area contributed by atoms with Gasteiger partial charge in [-0.1, -0.05) is 35.5 Å². The number of aliphatic hydroxyl groups is 1. The van der Waals surface area contributed by atoms with Crippen molar-refractivity contribution < 1.29 is 46.5 Å². The number of nitrogen functional groups attached to an aromatic ring is 1. The molecule has 3 saturated heterocycles. The fraction of sp³-hybridized carbons (Fsp3) is 0.455. The molecule has 4 aromatic rings. The number of aliphatic hydroxyl groups excluding tert-OH is 1. The van der Waals surface area contributed by atoms with Gasteiger partial charge in [-0.3, -0.25) is 18.1 Å². The van der Waals surface area contributed by atoms with Crippen molar-refractivity contribution in [2.45, 2.75) is 49.1 Å². The Balaban J connectivity index is 1.16. The highest BCUT2D eigenvalue weighted by molar-refractivity contribution is 8.44. The molecule has 3 fully saturated rings. The lowest BCUT2D eigenvalue weighted by molar-refractivity contribution is -0.0569. The number of nitrogens with zero attached hydrogens (tertiary/aromatic N) is 6. The van der Waals surface area contributed by atoms with Crippen molar-refractivity contribution in [1.29, 1.82) is 0 Å². The molecule has 3 aliphatic heterocycles. The van der Waals surface area contributed by atoms with E-state index < -0.39 is 75.9 Å². The maximum absolute atomic E-state index is 16.0. The van der Waals surface area contributed by atoms with E-state index in [1.165, 1.54) is 40.2 Å². The van der Waals surface area contributed by atoms with Crippen LogP contribution in [0.3, 0.4) is 0 Å². The summed E-state index contributed by atoms with van der Waals surface area (Å²) in [5.41, 5.74) is 7.14. The number of hydrogen-bond donors (Lipinski definition) is 4. The number of anilines is 1. The Hall–Kier alpha value is -1.54. The second kappa shape index (κ2) is 11.9. The van der Waals surface area contributed by atoms with Gasteiger partial charge in [0.05, 0.1) is 46.9 Å². The molecule has 4 N–H and O–H groups in total. The van der Waals surface area contributed by atoms with E-state index in [1.807, 2.05) is 0 Å². The van der Waals surface area contributed by atoms with Crippen molar-refractivity contribution in [3.8, 4) is 0 Å². The Morgan fingerprint density at radius 3 is 2.49 bits per heavy atom. The topological polar surface area (TPSA) is 200 Å². The van der Waals surface area contributed by atoms with E-state index in [9.17, 15) is 14.6 Å². The summed E-state index contributed by atoms with van der Waals surface area (Å²) in [6.45, 7) is -9.62. The summed E-state index contributed by atoms with van der Waals surface area (Å²) in [5, 5.41) is 11.8. The normalized spacial score (nSPS) is 37.7. The van der Waals surface area contributed by atoms with E-state index in [-0.39, 0.29) is 27.0 Å². The lowest BCUT2D eigenvalue weighted by Gasteiger charge is -2.29. The fourth-order valence-corrected chi connectivity index (χ4v) is 8.62. The third-order valence-electron chi connectivity index (χ3n) is 7.44. The van der Waals surface area contributed by atoms with Gasteiger partial charge in [0.25, 0.3) is 0 Å². The molecule has 7 rings (SSSR count). The molecule has 0 radical (unpaired) electrons. The van der Waals surface area contributed by atoms with Gasteiger partial charge in [0.2, 0.25) is 0 Å². The summed E-state index contributed by atoms with van der Waals surface area (Å²) in [6.07, 6.45) is -7.67. The smallest absolute Gasteiger partial charge is 0.386 e. The SMILES string of the molecule is Nc1ncnc2c1ncn2C1OC2COP(O)(=S)OC3C(COP(=O)(S)OC2C1F)OC(n1cnc2cc(Cl)c(Cl)cc21)C3O. The number of benzene rings is 1. The average Bonchev–Trinajstić information content (AvgIpc) is 3.73. The number of aromatic nitrogens is 6. The van der Waals surface area contributed by atoms with Crippen LogP contribution >= 0.6 is 49.0 Å². The number of nitrogens with two attached hydrogens (primary N) is 1. The van der Waals surface area contributed by atoms with Gasteiger partial charge in [0.15, 0.2) is 30.1 Å². The molecule has 242 valence electrons. The van der Waals surface area contributed by atoms with Gasteiger partial charge < -0.3 is 34.3 Å². The minimum absolute atomic E-state index is 0.0659. The molecule has 23 heteroatoms. The first-order chi connectivity index (χ1) is 21.3. The van der Waals surface area contributed by atoms with Crippen LogP contribution in [0, 0.1) is 0 Å². The zero-order valence-corrected chi connectivity index (χ0v) is 27.3. The maximum Gasteiger partial charge on any atom is 0.386 e. The zero-order valence-electron chi connectivity index (χ0n) is 22.3. The maximum atomic E-state index is 16.0. The molecule has 10 atom stereocenters. The molecule has 0 amide bonds. The van der Waals surface area contributed by atoms with Gasteiger partial charge in [0.1, 0.15) is 42.4 Å².